The molecule has 0 N–H and O–H groups in total. The number of thiophene rings is 1. The summed E-state index contributed by atoms with van der Waals surface area (Å²) in [6.45, 7) is 1.59. The predicted octanol–water partition coefficient (Wildman–Crippen LogP) is 2.60. The van der Waals surface area contributed by atoms with Crippen LogP contribution in [0.2, 0.25) is 0 Å². The van der Waals surface area contributed by atoms with Crippen LogP contribution in [0.15, 0.2) is 41.0 Å². The molecule has 0 unspecified atom stereocenters. The lowest BCUT2D eigenvalue weighted by atomic mass is 10.1. The Bertz CT molecular complexity index is 846. The van der Waals surface area contributed by atoms with Crippen molar-refractivity contribution in [1.29, 1.82) is 0 Å². The third-order valence-corrected chi connectivity index (χ3v) is 5.32. The van der Waals surface area contributed by atoms with E-state index < -0.39 is 11.2 Å². The minimum Gasteiger partial charge on any atom is -0.549 e. The summed E-state index contributed by atoms with van der Waals surface area (Å²) in [6.07, 6.45) is 1.46. The molecule has 1 aromatic carbocycles. The molecular formula is C16H13N2O3S2-. The Labute approximate surface area is 141 Å². The highest BCUT2D eigenvalue weighted by Crippen LogP contribution is 2.39. The highest BCUT2D eigenvalue weighted by Gasteiger charge is 2.16. The molecule has 0 fully saturated rings. The second-order valence-electron chi connectivity index (χ2n) is 4.82. The number of aliphatic carboxylic acids is 1. The summed E-state index contributed by atoms with van der Waals surface area (Å²) in [4.78, 5) is 20.4. The van der Waals surface area contributed by atoms with Crippen molar-refractivity contribution in [2.45, 2.75) is 17.2 Å². The third kappa shape index (κ3) is 3.16. The smallest absolute Gasteiger partial charge is 0.128 e. The Morgan fingerprint density at radius 1 is 1.30 bits per heavy atom. The molecule has 0 bridgehead atoms. The standard InChI is InChI=1S/C16H14N2O3S2/c1-9(16(19)20)23-15-13-12(7-22-14(13)17-8-18-15)10-3-5-11(21-2)6-4-10/h3-9H,1-2H3,(H,19,20)/p-1/t9-/m1/s1. The molecule has 0 aliphatic carbocycles. The molecule has 0 saturated carbocycles. The zero-order chi connectivity index (χ0) is 16.4. The molecule has 0 spiro atoms. The first kappa shape index (κ1) is 15.8. The lowest BCUT2D eigenvalue weighted by Crippen LogP contribution is -2.31. The van der Waals surface area contributed by atoms with Crippen molar-refractivity contribution in [3.63, 3.8) is 0 Å². The minimum absolute atomic E-state index is 0.652. The van der Waals surface area contributed by atoms with E-state index >= 15 is 0 Å². The number of carbonyl (C=O) groups excluding carboxylic acids is 1. The molecule has 0 radical (unpaired) electrons. The number of ether oxygens (including phenoxy) is 1. The zero-order valence-electron chi connectivity index (χ0n) is 12.5. The summed E-state index contributed by atoms with van der Waals surface area (Å²) < 4.78 is 5.18. The van der Waals surface area contributed by atoms with Gasteiger partial charge in [0.05, 0.1) is 18.5 Å². The zero-order valence-corrected chi connectivity index (χ0v) is 14.1. The summed E-state index contributed by atoms with van der Waals surface area (Å²) in [5.41, 5.74) is 2.00. The van der Waals surface area contributed by atoms with Gasteiger partial charge in [-0.05, 0) is 24.6 Å². The molecule has 0 aliphatic heterocycles. The molecule has 118 valence electrons. The fourth-order valence-corrected chi connectivity index (χ4v) is 3.98. The van der Waals surface area contributed by atoms with Crippen LogP contribution in [0, 0.1) is 0 Å². The lowest BCUT2D eigenvalue weighted by molar-refractivity contribution is -0.304. The van der Waals surface area contributed by atoms with Crippen molar-refractivity contribution in [3.8, 4) is 16.9 Å². The Morgan fingerprint density at radius 2 is 2.04 bits per heavy atom. The number of hydrogen-bond acceptors (Lipinski definition) is 7. The molecule has 3 aromatic rings. The Kier molecular flexibility index (Phi) is 4.49. The van der Waals surface area contributed by atoms with Gasteiger partial charge in [-0.15, -0.1) is 11.3 Å². The second kappa shape index (κ2) is 6.55. The van der Waals surface area contributed by atoms with Crippen LogP contribution in [0.25, 0.3) is 21.3 Å². The average molecular weight is 345 g/mol. The average Bonchev–Trinajstić information content (AvgIpc) is 3.00. The van der Waals surface area contributed by atoms with Gasteiger partial charge >= 0.3 is 0 Å². The Balaban J connectivity index is 2.08. The van der Waals surface area contributed by atoms with Crippen LogP contribution in [-0.2, 0) is 4.79 Å². The van der Waals surface area contributed by atoms with Gasteiger partial charge in [-0.25, -0.2) is 9.97 Å². The topological polar surface area (TPSA) is 75.1 Å². The number of carboxylic acids is 1. The van der Waals surface area contributed by atoms with E-state index in [-0.39, 0.29) is 0 Å². The monoisotopic (exact) mass is 345 g/mol. The van der Waals surface area contributed by atoms with Crippen molar-refractivity contribution < 1.29 is 14.6 Å². The number of rotatable bonds is 5. The normalized spacial score (nSPS) is 12.3. The SMILES string of the molecule is COc1ccc(-c2csc3ncnc(S[C@H](C)C(=O)[O-])c23)cc1. The van der Waals surface area contributed by atoms with E-state index in [2.05, 4.69) is 9.97 Å². The number of fused-ring (bicyclic) bond motifs is 1. The third-order valence-electron chi connectivity index (χ3n) is 3.36. The van der Waals surface area contributed by atoms with Crippen molar-refractivity contribution in [2.75, 3.05) is 7.11 Å². The van der Waals surface area contributed by atoms with Gasteiger partial charge in [0, 0.05) is 16.2 Å². The van der Waals surface area contributed by atoms with E-state index in [0.717, 1.165) is 27.1 Å². The summed E-state index contributed by atoms with van der Waals surface area (Å²) in [5.74, 6) is -0.326. The Hall–Kier alpha value is -2.12. The summed E-state index contributed by atoms with van der Waals surface area (Å²) >= 11 is 2.68. The molecule has 2 heterocycles. The van der Waals surface area contributed by atoms with E-state index in [4.69, 9.17) is 4.74 Å². The maximum Gasteiger partial charge on any atom is 0.128 e. The second-order valence-corrected chi connectivity index (χ2v) is 7.00. The number of thioether (sulfide) groups is 1. The van der Waals surface area contributed by atoms with Crippen molar-refractivity contribution >= 4 is 39.3 Å². The summed E-state index contributed by atoms with van der Waals surface area (Å²) in [5, 5.41) is 13.9. The first-order valence-corrected chi connectivity index (χ1v) is 8.60. The van der Waals surface area contributed by atoms with Gasteiger partial charge in [0.2, 0.25) is 0 Å². The number of methoxy groups -OCH3 is 1. The minimum atomic E-state index is -1.11. The first-order chi connectivity index (χ1) is 11.1. The number of aromatic nitrogens is 2. The van der Waals surface area contributed by atoms with Crippen LogP contribution < -0.4 is 9.84 Å². The molecule has 1 atom stereocenters. The van der Waals surface area contributed by atoms with Crippen LogP contribution >= 0.6 is 23.1 Å². The van der Waals surface area contributed by atoms with Crippen LogP contribution in [0.3, 0.4) is 0 Å². The van der Waals surface area contributed by atoms with E-state index in [1.807, 2.05) is 29.6 Å². The van der Waals surface area contributed by atoms with E-state index in [0.29, 0.717) is 5.03 Å². The number of nitrogens with zero attached hydrogens (tertiary/aromatic N) is 2. The molecule has 0 aliphatic rings. The number of hydrogen-bond donors (Lipinski definition) is 0. The van der Waals surface area contributed by atoms with E-state index in [1.54, 1.807) is 14.0 Å². The van der Waals surface area contributed by atoms with Crippen molar-refractivity contribution in [3.05, 3.63) is 36.0 Å². The number of benzene rings is 1. The molecule has 2 aromatic heterocycles. The van der Waals surface area contributed by atoms with Gasteiger partial charge in [0.1, 0.15) is 21.9 Å². The molecule has 3 rings (SSSR count). The summed E-state index contributed by atoms with van der Waals surface area (Å²) in [7, 11) is 1.62. The van der Waals surface area contributed by atoms with E-state index in [1.165, 1.54) is 29.4 Å². The fraction of sp³-hybridized carbons (Fsp3) is 0.188. The maximum absolute atomic E-state index is 11.0. The Morgan fingerprint density at radius 3 is 2.70 bits per heavy atom. The van der Waals surface area contributed by atoms with E-state index in [9.17, 15) is 9.90 Å². The van der Waals surface area contributed by atoms with Gasteiger partial charge in [-0.1, -0.05) is 23.9 Å². The molecular weight excluding hydrogens is 332 g/mol. The molecule has 0 amide bonds. The largest absolute Gasteiger partial charge is 0.549 e. The highest BCUT2D eigenvalue weighted by molar-refractivity contribution is 8.00. The molecule has 0 saturated heterocycles. The van der Waals surface area contributed by atoms with Crippen LogP contribution in [0.5, 0.6) is 5.75 Å². The van der Waals surface area contributed by atoms with Crippen molar-refractivity contribution in [1.82, 2.24) is 9.97 Å². The predicted molar refractivity (Wildman–Crippen MR) is 89.7 cm³/mol. The highest BCUT2D eigenvalue weighted by atomic mass is 32.2. The quantitative estimate of drug-likeness (QED) is 0.523. The molecule has 23 heavy (non-hydrogen) atoms. The number of carbonyl (C=O) groups is 1. The fourth-order valence-electron chi connectivity index (χ4n) is 2.14. The maximum atomic E-state index is 11.0. The first-order valence-electron chi connectivity index (χ1n) is 6.84. The van der Waals surface area contributed by atoms with Gasteiger partial charge in [-0.2, -0.15) is 0 Å². The van der Waals surface area contributed by atoms with Gasteiger partial charge in [0.25, 0.3) is 0 Å². The van der Waals surface area contributed by atoms with Gasteiger partial charge in [-0.3, -0.25) is 0 Å². The van der Waals surface area contributed by atoms with Crippen LogP contribution in [0.1, 0.15) is 6.92 Å². The van der Waals surface area contributed by atoms with Crippen LogP contribution in [0.4, 0.5) is 0 Å². The van der Waals surface area contributed by atoms with Crippen molar-refractivity contribution in [2.24, 2.45) is 0 Å². The van der Waals surface area contributed by atoms with Gasteiger partial charge < -0.3 is 14.6 Å². The van der Waals surface area contributed by atoms with Gasteiger partial charge in [0.15, 0.2) is 0 Å². The van der Waals surface area contributed by atoms with Crippen LogP contribution in [-0.4, -0.2) is 28.3 Å². The summed E-state index contributed by atoms with van der Waals surface area (Å²) in [6, 6.07) is 7.70. The number of carboxylic acid groups (broad SMARTS) is 1. The molecule has 7 heteroatoms. The lowest BCUT2D eigenvalue weighted by Gasteiger charge is -2.12. The molecule has 5 nitrogen and oxygen atoms in total.